The number of alkyl halides is 1. The predicted molar refractivity (Wildman–Crippen MR) is 74.4 cm³/mol. The molecule has 0 radical (unpaired) electrons. The van der Waals surface area contributed by atoms with Crippen molar-refractivity contribution in [2.45, 2.75) is 51.5 Å². The van der Waals surface area contributed by atoms with E-state index >= 15 is 0 Å². The first-order valence-corrected chi connectivity index (χ1v) is 8.45. The van der Waals surface area contributed by atoms with Gasteiger partial charge in [0.25, 0.3) is 0 Å². The standard InChI is InChI=1S/C12H18FO11P/c1-5(14)20-4-8-10(21-6(2)15)11(22-7(3)16)9(13)12(23-8)24-25(17,18)19/h8-12H,4H2,1-3H3,(H2,17,18,19). The van der Waals surface area contributed by atoms with Crippen molar-refractivity contribution in [2.24, 2.45) is 0 Å². The summed E-state index contributed by atoms with van der Waals surface area (Å²) in [6, 6.07) is 0. The van der Waals surface area contributed by atoms with Crippen molar-refractivity contribution >= 4 is 25.7 Å². The molecule has 2 N–H and O–H groups in total. The molecule has 144 valence electrons. The minimum atomic E-state index is -5.17. The van der Waals surface area contributed by atoms with Gasteiger partial charge in [-0.25, -0.2) is 8.96 Å². The fourth-order valence-corrected chi connectivity index (χ4v) is 2.52. The van der Waals surface area contributed by atoms with Gasteiger partial charge in [0, 0.05) is 20.8 Å². The quantitative estimate of drug-likeness (QED) is 0.346. The lowest BCUT2D eigenvalue weighted by molar-refractivity contribution is -0.274. The Labute approximate surface area is 141 Å². The minimum Gasteiger partial charge on any atom is -0.463 e. The molecule has 1 saturated heterocycles. The highest BCUT2D eigenvalue weighted by Gasteiger charge is 2.52. The van der Waals surface area contributed by atoms with Crippen LogP contribution < -0.4 is 0 Å². The van der Waals surface area contributed by atoms with E-state index in [9.17, 15) is 23.3 Å². The maximum atomic E-state index is 14.5. The normalized spacial score (nSPS) is 29.6. The van der Waals surface area contributed by atoms with Crippen molar-refractivity contribution in [1.29, 1.82) is 0 Å². The third-order valence-electron chi connectivity index (χ3n) is 2.87. The molecule has 0 aromatic carbocycles. The van der Waals surface area contributed by atoms with Crippen LogP contribution in [0.25, 0.3) is 0 Å². The molecule has 0 aromatic heterocycles. The molecule has 1 heterocycles. The number of esters is 3. The Morgan fingerprint density at radius 2 is 1.56 bits per heavy atom. The monoisotopic (exact) mass is 388 g/mol. The lowest BCUT2D eigenvalue weighted by Gasteiger charge is -2.41. The largest absolute Gasteiger partial charge is 0.472 e. The third kappa shape index (κ3) is 7.04. The fraction of sp³-hybridized carbons (Fsp3) is 0.750. The van der Waals surface area contributed by atoms with Crippen molar-refractivity contribution in [3.63, 3.8) is 0 Å². The van der Waals surface area contributed by atoms with Crippen LogP contribution in [0.5, 0.6) is 0 Å². The van der Waals surface area contributed by atoms with Crippen LogP contribution in [0, 0.1) is 0 Å². The molecule has 25 heavy (non-hydrogen) atoms. The van der Waals surface area contributed by atoms with Gasteiger partial charge < -0.3 is 28.7 Å². The molecule has 5 unspecified atom stereocenters. The van der Waals surface area contributed by atoms with Crippen LogP contribution in [0.4, 0.5) is 4.39 Å². The van der Waals surface area contributed by atoms with Gasteiger partial charge >= 0.3 is 25.7 Å². The summed E-state index contributed by atoms with van der Waals surface area (Å²) in [4.78, 5) is 51.1. The Morgan fingerprint density at radius 3 is 2.00 bits per heavy atom. The van der Waals surface area contributed by atoms with Gasteiger partial charge in [-0.15, -0.1) is 0 Å². The molecule has 0 aromatic rings. The molecule has 1 rings (SSSR count). The van der Waals surface area contributed by atoms with Crippen molar-refractivity contribution in [3.05, 3.63) is 0 Å². The molecule has 13 heteroatoms. The molecule has 11 nitrogen and oxygen atoms in total. The third-order valence-corrected chi connectivity index (χ3v) is 3.35. The van der Waals surface area contributed by atoms with Crippen molar-refractivity contribution in [3.8, 4) is 0 Å². The number of ether oxygens (including phenoxy) is 4. The number of rotatable bonds is 6. The molecular formula is C12H18FO11P. The second-order valence-corrected chi connectivity index (χ2v) is 6.23. The van der Waals surface area contributed by atoms with Gasteiger partial charge in [-0.1, -0.05) is 0 Å². The molecule has 0 spiro atoms. The molecule has 1 fully saturated rings. The first-order valence-electron chi connectivity index (χ1n) is 6.92. The summed E-state index contributed by atoms with van der Waals surface area (Å²) in [6.07, 6.45) is -9.28. The number of halogens is 1. The van der Waals surface area contributed by atoms with E-state index < -0.39 is 63.1 Å². The summed E-state index contributed by atoms with van der Waals surface area (Å²) in [5, 5.41) is 0. The smallest absolute Gasteiger partial charge is 0.463 e. The van der Waals surface area contributed by atoms with Crippen molar-refractivity contribution in [2.75, 3.05) is 6.61 Å². The van der Waals surface area contributed by atoms with E-state index in [1.165, 1.54) is 0 Å². The van der Waals surface area contributed by atoms with Gasteiger partial charge in [0.05, 0.1) is 0 Å². The van der Waals surface area contributed by atoms with Crippen molar-refractivity contribution < 1.29 is 56.6 Å². The van der Waals surface area contributed by atoms with Crippen LogP contribution in [-0.4, -0.2) is 65.1 Å². The average molecular weight is 388 g/mol. The molecular weight excluding hydrogens is 370 g/mol. The number of carbonyl (C=O) groups is 3. The van der Waals surface area contributed by atoms with Crippen LogP contribution in [0.1, 0.15) is 20.8 Å². The van der Waals surface area contributed by atoms with Gasteiger partial charge in [-0.05, 0) is 0 Å². The zero-order valence-electron chi connectivity index (χ0n) is 13.5. The lowest BCUT2D eigenvalue weighted by Crippen LogP contribution is -2.60. The number of carbonyl (C=O) groups excluding carboxylic acids is 3. The maximum absolute atomic E-state index is 14.5. The number of hydrogen-bond acceptors (Lipinski definition) is 9. The second-order valence-electron chi connectivity index (χ2n) is 5.03. The summed E-state index contributed by atoms with van der Waals surface area (Å²) in [5.74, 6) is -2.57. The van der Waals surface area contributed by atoms with Crippen LogP contribution in [-0.2, 0) is 42.4 Å². The summed E-state index contributed by atoms with van der Waals surface area (Å²) in [6.45, 7) is 2.44. The molecule has 1 aliphatic heterocycles. The highest BCUT2D eigenvalue weighted by atomic mass is 31.2. The highest BCUT2D eigenvalue weighted by molar-refractivity contribution is 7.46. The number of phosphoric acid groups is 1. The topological polar surface area (TPSA) is 155 Å². The van der Waals surface area contributed by atoms with E-state index in [1.807, 2.05) is 0 Å². The first-order chi connectivity index (χ1) is 11.4. The Hall–Kier alpha value is -1.59. The van der Waals surface area contributed by atoms with Gasteiger partial charge in [-0.3, -0.25) is 18.9 Å². The average Bonchev–Trinajstić information content (AvgIpc) is 2.42. The van der Waals surface area contributed by atoms with Gasteiger partial charge in [0.15, 0.2) is 18.4 Å². The molecule has 0 bridgehead atoms. The Morgan fingerprint density at radius 1 is 1.04 bits per heavy atom. The van der Waals surface area contributed by atoms with Crippen LogP contribution >= 0.6 is 7.82 Å². The molecule has 0 saturated carbocycles. The fourth-order valence-electron chi connectivity index (χ4n) is 2.08. The second kappa shape index (κ2) is 8.68. The Kier molecular flexibility index (Phi) is 7.44. The summed E-state index contributed by atoms with van der Waals surface area (Å²) in [7, 11) is -5.17. The van der Waals surface area contributed by atoms with Crippen LogP contribution in [0.2, 0.25) is 0 Å². The van der Waals surface area contributed by atoms with E-state index in [1.54, 1.807) is 0 Å². The maximum Gasteiger partial charge on any atom is 0.472 e. The number of hydrogen-bond donors (Lipinski definition) is 2. The minimum absolute atomic E-state index is 0.571. The van der Waals surface area contributed by atoms with E-state index in [4.69, 9.17) is 28.7 Å². The van der Waals surface area contributed by atoms with Crippen LogP contribution in [0.15, 0.2) is 0 Å². The predicted octanol–water partition coefficient (Wildman–Crippen LogP) is -0.415. The Bertz CT molecular complexity index is 561. The van der Waals surface area contributed by atoms with Gasteiger partial charge in [0.2, 0.25) is 6.29 Å². The summed E-state index contributed by atoms with van der Waals surface area (Å²) in [5.41, 5.74) is 0. The van der Waals surface area contributed by atoms with E-state index in [-0.39, 0.29) is 0 Å². The first kappa shape index (κ1) is 21.5. The molecule has 0 amide bonds. The highest BCUT2D eigenvalue weighted by Crippen LogP contribution is 2.42. The lowest BCUT2D eigenvalue weighted by atomic mass is 9.99. The zero-order valence-corrected chi connectivity index (χ0v) is 14.4. The van der Waals surface area contributed by atoms with E-state index in [2.05, 4.69) is 4.52 Å². The van der Waals surface area contributed by atoms with Crippen LogP contribution in [0.3, 0.4) is 0 Å². The summed E-state index contributed by atoms with van der Waals surface area (Å²) >= 11 is 0. The van der Waals surface area contributed by atoms with Crippen molar-refractivity contribution in [1.82, 2.24) is 0 Å². The molecule has 5 atom stereocenters. The molecule has 0 aliphatic carbocycles. The van der Waals surface area contributed by atoms with Gasteiger partial charge in [0.1, 0.15) is 12.7 Å². The van der Waals surface area contributed by atoms with Gasteiger partial charge in [-0.2, -0.15) is 0 Å². The Balaban J connectivity index is 3.13. The summed E-state index contributed by atoms with van der Waals surface area (Å²) < 4.78 is 49.0. The van der Waals surface area contributed by atoms with E-state index in [0.29, 0.717) is 0 Å². The zero-order chi connectivity index (χ0) is 19.4. The SMILES string of the molecule is CC(=O)OCC1OC(OP(=O)(O)O)C(F)C(OC(C)=O)C1OC(C)=O. The van der Waals surface area contributed by atoms with E-state index in [0.717, 1.165) is 20.8 Å². The number of phosphoric ester groups is 1. The molecule has 1 aliphatic rings.